The Kier molecular flexibility index (Phi) is 9.98. The molecule has 0 fully saturated rings. The third kappa shape index (κ3) is 8.48. The average Bonchev–Trinajstić information content (AvgIpc) is 2.28. The first-order valence-electron chi connectivity index (χ1n) is 7.09. The molecule has 0 amide bonds. The van der Waals surface area contributed by atoms with E-state index in [1.165, 1.54) is 0 Å². The molecule has 108 valence electrons. The monoisotopic (exact) mass is 258 g/mol. The highest BCUT2D eigenvalue weighted by Crippen LogP contribution is 2.01. The molecule has 18 heavy (non-hydrogen) atoms. The number of carbonyl (C=O) groups excluding carboxylic acids is 1. The maximum absolute atomic E-state index is 11.8. The Balaban J connectivity index is 4.10. The predicted molar refractivity (Wildman–Crippen MR) is 75.7 cm³/mol. The van der Waals surface area contributed by atoms with E-state index in [1.54, 1.807) is 0 Å². The van der Waals surface area contributed by atoms with Gasteiger partial charge in [0.2, 0.25) is 0 Å². The van der Waals surface area contributed by atoms with Crippen LogP contribution in [-0.2, 0) is 9.53 Å². The van der Waals surface area contributed by atoms with Crippen LogP contribution in [0.3, 0.4) is 0 Å². The quantitative estimate of drug-likeness (QED) is 0.608. The normalized spacial score (nSPS) is 13.1. The van der Waals surface area contributed by atoms with Crippen LogP contribution in [0.1, 0.15) is 40.5 Å². The molecule has 0 aliphatic carbocycles. The van der Waals surface area contributed by atoms with Gasteiger partial charge in [-0.05, 0) is 45.8 Å². The minimum absolute atomic E-state index is 0.121. The summed E-state index contributed by atoms with van der Waals surface area (Å²) in [6.45, 7) is 11.6. The minimum Gasteiger partial charge on any atom is -0.465 e. The Hall–Kier alpha value is -0.610. The van der Waals surface area contributed by atoms with E-state index in [0.29, 0.717) is 12.5 Å². The number of carbonyl (C=O) groups is 1. The lowest BCUT2D eigenvalue weighted by Crippen LogP contribution is -2.41. The second-order valence-electron chi connectivity index (χ2n) is 5.20. The minimum atomic E-state index is -0.167. The summed E-state index contributed by atoms with van der Waals surface area (Å²) in [5.41, 5.74) is 0. The molecule has 0 aromatic rings. The van der Waals surface area contributed by atoms with Crippen LogP contribution in [0.25, 0.3) is 0 Å². The highest BCUT2D eigenvalue weighted by Gasteiger charge is 2.19. The van der Waals surface area contributed by atoms with Gasteiger partial charge in [0, 0.05) is 6.54 Å². The van der Waals surface area contributed by atoms with Crippen LogP contribution in [0.5, 0.6) is 0 Å². The zero-order valence-corrected chi connectivity index (χ0v) is 12.7. The van der Waals surface area contributed by atoms with Gasteiger partial charge in [-0.15, -0.1) is 0 Å². The van der Waals surface area contributed by atoms with Gasteiger partial charge in [-0.1, -0.05) is 20.8 Å². The smallest absolute Gasteiger partial charge is 0.323 e. The number of hydrogen-bond donors (Lipinski definition) is 1. The molecule has 0 aromatic heterocycles. The molecule has 4 heteroatoms. The maximum atomic E-state index is 11.8. The van der Waals surface area contributed by atoms with Gasteiger partial charge in [-0.25, -0.2) is 0 Å². The van der Waals surface area contributed by atoms with Crippen molar-refractivity contribution < 1.29 is 9.53 Å². The van der Waals surface area contributed by atoms with Crippen molar-refractivity contribution in [3.63, 3.8) is 0 Å². The van der Waals surface area contributed by atoms with Gasteiger partial charge >= 0.3 is 5.97 Å². The number of rotatable bonds is 10. The lowest BCUT2D eigenvalue weighted by Gasteiger charge is -2.22. The lowest BCUT2D eigenvalue weighted by molar-refractivity contribution is -0.145. The average molecular weight is 258 g/mol. The predicted octanol–water partition coefficient (Wildman–Crippen LogP) is 1.90. The number of hydrogen-bond acceptors (Lipinski definition) is 4. The van der Waals surface area contributed by atoms with Crippen molar-refractivity contribution in [3.8, 4) is 0 Å². The fourth-order valence-corrected chi connectivity index (χ4v) is 1.93. The summed E-state index contributed by atoms with van der Waals surface area (Å²) in [6.07, 6.45) is 1.83. The van der Waals surface area contributed by atoms with Crippen LogP contribution in [0.15, 0.2) is 0 Å². The summed E-state index contributed by atoms with van der Waals surface area (Å²) in [5, 5.41) is 3.26. The summed E-state index contributed by atoms with van der Waals surface area (Å²) >= 11 is 0. The molecular formula is C14H30N2O2. The molecule has 4 nitrogen and oxygen atoms in total. The van der Waals surface area contributed by atoms with Crippen molar-refractivity contribution >= 4 is 5.97 Å². The molecule has 0 spiro atoms. The number of ether oxygens (including phenoxy) is 1. The molecule has 0 bridgehead atoms. The van der Waals surface area contributed by atoms with E-state index in [-0.39, 0.29) is 12.0 Å². The van der Waals surface area contributed by atoms with Crippen LogP contribution < -0.4 is 5.32 Å². The highest BCUT2D eigenvalue weighted by molar-refractivity contribution is 5.75. The van der Waals surface area contributed by atoms with E-state index < -0.39 is 0 Å². The molecule has 0 heterocycles. The first-order valence-corrected chi connectivity index (χ1v) is 7.09. The van der Waals surface area contributed by atoms with E-state index in [2.05, 4.69) is 38.0 Å². The van der Waals surface area contributed by atoms with Gasteiger partial charge in [0.05, 0.1) is 6.61 Å². The Labute approximate surface area is 112 Å². The highest BCUT2D eigenvalue weighted by atomic mass is 16.5. The lowest BCUT2D eigenvalue weighted by atomic mass is 10.1. The molecule has 1 atom stereocenters. The van der Waals surface area contributed by atoms with Crippen molar-refractivity contribution in [2.24, 2.45) is 5.92 Å². The Morgan fingerprint density at radius 2 is 2.00 bits per heavy atom. The van der Waals surface area contributed by atoms with Crippen molar-refractivity contribution in [1.29, 1.82) is 0 Å². The molecule has 1 unspecified atom stereocenters. The van der Waals surface area contributed by atoms with Crippen LogP contribution in [0.2, 0.25) is 0 Å². The SMILES string of the molecule is CCCNC(CCN(C)CC(C)C)C(=O)OCC. The Morgan fingerprint density at radius 3 is 2.50 bits per heavy atom. The fraction of sp³-hybridized carbons (Fsp3) is 0.929. The van der Waals surface area contributed by atoms with Gasteiger partial charge in [-0.2, -0.15) is 0 Å². The molecule has 0 rings (SSSR count). The van der Waals surface area contributed by atoms with Gasteiger partial charge in [-0.3, -0.25) is 4.79 Å². The third-order valence-electron chi connectivity index (χ3n) is 2.69. The molecule has 0 aliphatic heterocycles. The van der Waals surface area contributed by atoms with Crippen molar-refractivity contribution in [2.75, 3.05) is 33.3 Å². The summed E-state index contributed by atoms with van der Waals surface area (Å²) < 4.78 is 5.09. The molecule has 0 aliphatic rings. The third-order valence-corrected chi connectivity index (χ3v) is 2.69. The summed E-state index contributed by atoms with van der Waals surface area (Å²) in [7, 11) is 2.10. The molecule has 0 aromatic carbocycles. The van der Waals surface area contributed by atoms with Crippen molar-refractivity contribution in [2.45, 2.75) is 46.6 Å². The molecule has 0 saturated carbocycles. The zero-order chi connectivity index (χ0) is 14.0. The summed E-state index contributed by atoms with van der Waals surface area (Å²) in [5.74, 6) is 0.531. The van der Waals surface area contributed by atoms with Gasteiger partial charge in [0.25, 0.3) is 0 Å². The Morgan fingerprint density at radius 1 is 1.33 bits per heavy atom. The molecule has 0 saturated heterocycles. The Bertz CT molecular complexity index is 220. The van der Waals surface area contributed by atoms with Crippen molar-refractivity contribution in [1.82, 2.24) is 10.2 Å². The van der Waals surface area contributed by atoms with Crippen LogP contribution in [-0.4, -0.2) is 50.2 Å². The van der Waals surface area contributed by atoms with Gasteiger partial charge < -0.3 is 15.0 Å². The second-order valence-corrected chi connectivity index (χ2v) is 5.20. The second kappa shape index (κ2) is 10.3. The largest absolute Gasteiger partial charge is 0.465 e. The van der Waals surface area contributed by atoms with E-state index in [0.717, 1.165) is 32.5 Å². The molecule has 0 radical (unpaired) electrons. The first kappa shape index (κ1) is 17.4. The summed E-state index contributed by atoms with van der Waals surface area (Å²) in [4.78, 5) is 14.0. The fourth-order valence-electron chi connectivity index (χ4n) is 1.93. The topological polar surface area (TPSA) is 41.6 Å². The van der Waals surface area contributed by atoms with E-state index in [1.807, 2.05) is 6.92 Å². The molecular weight excluding hydrogens is 228 g/mol. The van der Waals surface area contributed by atoms with Crippen LogP contribution in [0, 0.1) is 5.92 Å². The van der Waals surface area contributed by atoms with Gasteiger partial charge in [0.1, 0.15) is 6.04 Å². The van der Waals surface area contributed by atoms with E-state index in [4.69, 9.17) is 4.74 Å². The van der Waals surface area contributed by atoms with Crippen molar-refractivity contribution in [3.05, 3.63) is 0 Å². The standard InChI is InChI=1S/C14H30N2O2/c1-6-9-15-13(14(17)18-7-2)8-10-16(5)11-12(3)4/h12-13,15H,6-11H2,1-5H3. The zero-order valence-electron chi connectivity index (χ0n) is 12.7. The summed E-state index contributed by atoms with van der Waals surface area (Å²) in [6, 6.07) is -0.167. The van der Waals surface area contributed by atoms with Crippen LogP contribution >= 0.6 is 0 Å². The number of nitrogens with one attached hydrogen (secondary N) is 1. The number of esters is 1. The van der Waals surface area contributed by atoms with Crippen LogP contribution in [0.4, 0.5) is 0 Å². The number of nitrogens with zero attached hydrogens (tertiary/aromatic N) is 1. The van der Waals surface area contributed by atoms with Gasteiger partial charge in [0.15, 0.2) is 0 Å². The van der Waals surface area contributed by atoms with E-state index in [9.17, 15) is 4.79 Å². The molecule has 1 N–H and O–H groups in total. The van der Waals surface area contributed by atoms with E-state index >= 15 is 0 Å². The maximum Gasteiger partial charge on any atom is 0.323 e. The first-order chi connectivity index (χ1) is 8.51.